The Hall–Kier alpha value is -3.59. The highest BCUT2D eigenvalue weighted by atomic mass is 19.1. The number of fused-ring (bicyclic) bond motifs is 1. The van der Waals surface area contributed by atoms with Crippen LogP contribution < -0.4 is 24.8 Å². The van der Waals surface area contributed by atoms with Crippen LogP contribution in [0.4, 0.5) is 4.39 Å². The van der Waals surface area contributed by atoms with Crippen molar-refractivity contribution in [3.05, 3.63) is 71.6 Å². The summed E-state index contributed by atoms with van der Waals surface area (Å²) in [7, 11) is 0. The van der Waals surface area contributed by atoms with Crippen LogP contribution in [0.15, 0.2) is 48.9 Å². The zero-order valence-electron chi connectivity index (χ0n) is 19.4. The van der Waals surface area contributed by atoms with Crippen molar-refractivity contribution >= 4 is 5.91 Å². The molecule has 1 aromatic heterocycles. The molecule has 1 fully saturated rings. The highest BCUT2D eigenvalue weighted by Gasteiger charge is 2.28. The predicted molar refractivity (Wildman–Crippen MR) is 127 cm³/mol. The van der Waals surface area contributed by atoms with Crippen molar-refractivity contribution in [3.8, 4) is 17.2 Å². The van der Waals surface area contributed by atoms with Gasteiger partial charge in [0.15, 0.2) is 11.5 Å². The van der Waals surface area contributed by atoms with E-state index in [1.54, 1.807) is 24.7 Å². The number of carbonyl (C=O) groups excluding carboxylic acids is 1. The van der Waals surface area contributed by atoms with Gasteiger partial charge in [-0.2, -0.15) is 0 Å². The summed E-state index contributed by atoms with van der Waals surface area (Å²) in [5.41, 5.74) is 1.99. The largest absolute Gasteiger partial charge is 0.493 e. The molecular weight excluding hydrogens is 451 g/mol. The van der Waals surface area contributed by atoms with E-state index in [2.05, 4.69) is 20.6 Å². The Balaban J connectivity index is 1.20. The molecule has 1 saturated heterocycles. The number of piperidine rings is 1. The van der Waals surface area contributed by atoms with Gasteiger partial charge in [-0.25, -0.2) is 9.37 Å². The van der Waals surface area contributed by atoms with Gasteiger partial charge in [-0.1, -0.05) is 6.07 Å². The average molecular weight is 481 g/mol. The van der Waals surface area contributed by atoms with Crippen LogP contribution in [0.2, 0.25) is 0 Å². The van der Waals surface area contributed by atoms with Gasteiger partial charge in [-0.3, -0.25) is 4.79 Å². The number of rotatable bonds is 9. The molecule has 2 aliphatic rings. The van der Waals surface area contributed by atoms with E-state index in [1.807, 2.05) is 18.2 Å². The lowest BCUT2D eigenvalue weighted by atomic mass is 9.79. The van der Waals surface area contributed by atoms with Gasteiger partial charge in [0.25, 0.3) is 5.91 Å². The van der Waals surface area contributed by atoms with Crippen molar-refractivity contribution in [3.63, 3.8) is 0 Å². The van der Waals surface area contributed by atoms with Crippen LogP contribution in [0.5, 0.6) is 17.2 Å². The first-order valence-electron chi connectivity index (χ1n) is 12.0. The second kappa shape index (κ2) is 10.8. The molecule has 1 amide bonds. The van der Waals surface area contributed by atoms with Crippen LogP contribution in [0.1, 0.15) is 40.4 Å². The molecule has 3 heterocycles. The Morgan fingerprint density at radius 3 is 3.00 bits per heavy atom. The molecule has 5 rings (SSSR count). The highest BCUT2D eigenvalue weighted by Crippen LogP contribution is 2.36. The van der Waals surface area contributed by atoms with Crippen molar-refractivity contribution in [2.75, 3.05) is 33.0 Å². The molecule has 9 heteroatoms. The van der Waals surface area contributed by atoms with Gasteiger partial charge in [-0.05, 0) is 67.6 Å². The fourth-order valence-electron chi connectivity index (χ4n) is 4.73. The lowest BCUT2D eigenvalue weighted by Gasteiger charge is -2.33. The van der Waals surface area contributed by atoms with Crippen LogP contribution >= 0.6 is 0 Å². The first-order chi connectivity index (χ1) is 17.2. The zero-order valence-corrected chi connectivity index (χ0v) is 19.4. The molecule has 8 nitrogen and oxygen atoms in total. The Bertz CT molecular complexity index is 1150. The first kappa shape index (κ1) is 23.2. The third-order valence-corrected chi connectivity index (χ3v) is 6.61. The van der Waals surface area contributed by atoms with Crippen molar-refractivity contribution in [2.45, 2.75) is 25.2 Å². The van der Waals surface area contributed by atoms with Crippen molar-refractivity contribution in [1.82, 2.24) is 20.6 Å². The smallest absolute Gasteiger partial charge is 0.254 e. The molecule has 0 aliphatic carbocycles. The van der Waals surface area contributed by atoms with Gasteiger partial charge in [0, 0.05) is 30.9 Å². The van der Waals surface area contributed by atoms with E-state index in [4.69, 9.17) is 14.2 Å². The molecule has 2 atom stereocenters. The number of H-pyrrole nitrogens is 1. The number of halogens is 1. The van der Waals surface area contributed by atoms with Gasteiger partial charge in [0.2, 0.25) is 6.79 Å². The standard InChI is InChI=1S/C26H29FN4O4/c27-23-3-1-17(11-22(23)26(32)30-9-5-19-14-29-15-31-19)21-6-8-28-13-18(21)7-10-33-20-2-4-24-25(12-20)35-16-34-24/h1-4,11-12,14-15,18,21,28H,5-10,13,16H2,(H,29,31)(H,30,32)/t18-,21+/m1/s1. The van der Waals surface area contributed by atoms with Gasteiger partial charge >= 0.3 is 0 Å². The minimum Gasteiger partial charge on any atom is -0.493 e. The molecule has 3 N–H and O–H groups in total. The van der Waals surface area contributed by atoms with Crippen LogP contribution in [0, 0.1) is 11.7 Å². The van der Waals surface area contributed by atoms with E-state index < -0.39 is 11.7 Å². The van der Waals surface area contributed by atoms with Crippen molar-refractivity contribution < 1.29 is 23.4 Å². The minimum absolute atomic E-state index is 0.0843. The van der Waals surface area contributed by atoms with Gasteiger partial charge in [0.1, 0.15) is 11.6 Å². The van der Waals surface area contributed by atoms with Crippen LogP contribution in [-0.4, -0.2) is 48.9 Å². The molecule has 0 spiro atoms. The summed E-state index contributed by atoms with van der Waals surface area (Å²) >= 11 is 0. The molecule has 3 aromatic rings. The summed E-state index contributed by atoms with van der Waals surface area (Å²) < 4.78 is 31.3. The van der Waals surface area contributed by atoms with E-state index >= 15 is 0 Å². The normalized spacial score (nSPS) is 18.9. The fraction of sp³-hybridized carbons (Fsp3) is 0.385. The first-order valence-corrected chi connectivity index (χ1v) is 12.0. The summed E-state index contributed by atoms with van der Waals surface area (Å²) in [6, 6.07) is 10.5. The number of aromatic nitrogens is 2. The van der Waals surface area contributed by atoms with E-state index in [0.29, 0.717) is 31.2 Å². The number of nitrogens with zero attached hydrogens (tertiary/aromatic N) is 1. The third kappa shape index (κ3) is 5.57. The van der Waals surface area contributed by atoms with Crippen LogP contribution in [-0.2, 0) is 6.42 Å². The second-order valence-corrected chi connectivity index (χ2v) is 8.83. The number of nitrogens with one attached hydrogen (secondary N) is 3. The van der Waals surface area contributed by atoms with E-state index in [0.717, 1.165) is 48.7 Å². The number of hydrogen-bond donors (Lipinski definition) is 3. The van der Waals surface area contributed by atoms with Gasteiger partial charge in [0.05, 0.1) is 18.5 Å². The molecular formula is C26H29FN4O4. The molecule has 2 aromatic carbocycles. The van der Waals surface area contributed by atoms with Crippen LogP contribution in [0.3, 0.4) is 0 Å². The summed E-state index contributed by atoms with van der Waals surface area (Å²) in [4.78, 5) is 19.6. The minimum atomic E-state index is -0.510. The summed E-state index contributed by atoms with van der Waals surface area (Å²) in [6.45, 7) is 2.91. The topological polar surface area (TPSA) is 97.5 Å². The fourth-order valence-corrected chi connectivity index (χ4v) is 4.73. The molecule has 184 valence electrons. The molecule has 0 unspecified atom stereocenters. The SMILES string of the molecule is O=C(NCCc1cnc[nH]1)c1cc([C@@H]2CCNC[C@H]2CCOc2ccc3c(c2)OCO3)ccc1F. The number of amides is 1. The second-order valence-electron chi connectivity index (χ2n) is 8.83. The number of hydrogen-bond acceptors (Lipinski definition) is 6. The van der Waals surface area contributed by atoms with Crippen molar-refractivity contribution in [1.29, 1.82) is 0 Å². The zero-order chi connectivity index (χ0) is 24.0. The maximum absolute atomic E-state index is 14.5. The van der Waals surface area contributed by atoms with Gasteiger partial charge in [-0.15, -0.1) is 0 Å². The molecule has 0 radical (unpaired) electrons. The maximum Gasteiger partial charge on any atom is 0.254 e. The van der Waals surface area contributed by atoms with E-state index in [9.17, 15) is 9.18 Å². The molecule has 35 heavy (non-hydrogen) atoms. The molecule has 0 bridgehead atoms. The number of benzene rings is 2. The third-order valence-electron chi connectivity index (χ3n) is 6.61. The Labute approximate surface area is 203 Å². The highest BCUT2D eigenvalue weighted by molar-refractivity contribution is 5.94. The molecule has 0 saturated carbocycles. The lowest BCUT2D eigenvalue weighted by molar-refractivity contribution is 0.0949. The Morgan fingerprint density at radius 2 is 2.11 bits per heavy atom. The summed E-state index contributed by atoms with van der Waals surface area (Å²) in [6.07, 6.45) is 5.65. The monoisotopic (exact) mass is 480 g/mol. The molecule has 2 aliphatic heterocycles. The van der Waals surface area contributed by atoms with E-state index in [-0.39, 0.29) is 18.3 Å². The Kier molecular flexibility index (Phi) is 7.13. The summed E-state index contributed by atoms with van der Waals surface area (Å²) in [5, 5.41) is 6.27. The maximum atomic E-state index is 14.5. The van der Waals surface area contributed by atoms with Gasteiger partial charge < -0.3 is 29.8 Å². The van der Waals surface area contributed by atoms with E-state index in [1.165, 1.54) is 6.07 Å². The number of aromatic amines is 1. The number of imidazole rings is 1. The van der Waals surface area contributed by atoms with Crippen molar-refractivity contribution in [2.24, 2.45) is 5.92 Å². The lowest BCUT2D eigenvalue weighted by Crippen LogP contribution is -2.36. The number of carbonyl (C=O) groups is 1. The average Bonchev–Trinajstić information content (AvgIpc) is 3.56. The number of ether oxygens (including phenoxy) is 3. The van der Waals surface area contributed by atoms with Crippen LogP contribution in [0.25, 0.3) is 0 Å². The summed E-state index contributed by atoms with van der Waals surface area (Å²) in [5.74, 6) is 1.77. The quantitative estimate of drug-likeness (QED) is 0.434. The predicted octanol–water partition coefficient (Wildman–Crippen LogP) is 3.41. The Morgan fingerprint density at radius 1 is 1.20 bits per heavy atom.